The van der Waals surface area contributed by atoms with Crippen molar-refractivity contribution in [1.82, 2.24) is 9.62 Å². The zero-order valence-electron chi connectivity index (χ0n) is 12.0. The van der Waals surface area contributed by atoms with Crippen LogP contribution in [0.2, 0.25) is 0 Å². The maximum absolute atomic E-state index is 14.0. The van der Waals surface area contributed by atoms with Crippen LogP contribution in [0.5, 0.6) is 0 Å². The molecule has 2 fully saturated rings. The Labute approximate surface area is 125 Å². The highest BCUT2D eigenvalue weighted by molar-refractivity contribution is 7.89. The van der Waals surface area contributed by atoms with Gasteiger partial charge in [0.2, 0.25) is 10.0 Å². The second kappa shape index (κ2) is 5.66. The van der Waals surface area contributed by atoms with E-state index in [0.29, 0.717) is 19.6 Å². The number of rotatable bonds is 2. The van der Waals surface area contributed by atoms with E-state index >= 15 is 0 Å². The highest BCUT2D eigenvalue weighted by Crippen LogP contribution is 2.38. The Morgan fingerprint density at radius 2 is 1.86 bits per heavy atom. The van der Waals surface area contributed by atoms with E-state index in [-0.39, 0.29) is 10.4 Å². The highest BCUT2D eigenvalue weighted by atomic mass is 32.2. The molecule has 1 heterocycles. The Morgan fingerprint density at radius 3 is 2.57 bits per heavy atom. The predicted molar refractivity (Wildman–Crippen MR) is 79.0 cm³/mol. The van der Waals surface area contributed by atoms with Crippen molar-refractivity contribution in [3.05, 3.63) is 30.1 Å². The summed E-state index contributed by atoms with van der Waals surface area (Å²) in [6.45, 7) is 1.70. The van der Waals surface area contributed by atoms with Crippen LogP contribution in [0.3, 0.4) is 0 Å². The van der Waals surface area contributed by atoms with Gasteiger partial charge < -0.3 is 5.32 Å². The standard InChI is InChI=1S/C15H21FN2O2S/c16-13-6-2-3-7-14(13)21(19,20)18-11-10-17-12-15(18)8-4-1-5-9-15/h2-3,6-7,17H,1,4-5,8-12H2. The first kappa shape index (κ1) is 14.9. The lowest BCUT2D eigenvalue weighted by atomic mass is 9.80. The fourth-order valence-corrected chi connectivity index (χ4v) is 5.50. The van der Waals surface area contributed by atoms with E-state index < -0.39 is 15.8 Å². The lowest BCUT2D eigenvalue weighted by Crippen LogP contribution is -2.63. The van der Waals surface area contributed by atoms with E-state index in [1.54, 1.807) is 10.4 Å². The number of hydrogen-bond acceptors (Lipinski definition) is 3. The van der Waals surface area contributed by atoms with E-state index in [2.05, 4.69) is 5.32 Å². The van der Waals surface area contributed by atoms with Crippen LogP contribution in [-0.4, -0.2) is 37.9 Å². The number of sulfonamides is 1. The van der Waals surface area contributed by atoms with E-state index in [9.17, 15) is 12.8 Å². The molecule has 21 heavy (non-hydrogen) atoms. The lowest BCUT2D eigenvalue weighted by molar-refractivity contribution is 0.101. The molecule has 0 unspecified atom stereocenters. The summed E-state index contributed by atoms with van der Waals surface area (Å²) in [5, 5.41) is 3.31. The molecule has 0 aromatic heterocycles. The molecule has 0 amide bonds. The van der Waals surface area contributed by atoms with Gasteiger partial charge in [-0.3, -0.25) is 0 Å². The van der Waals surface area contributed by atoms with Gasteiger partial charge in [-0.05, 0) is 25.0 Å². The summed E-state index contributed by atoms with van der Waals surface area (Å²) in [6.07, 6.45) is 4.92. The Hall–Kier alpha value is -0.980. The summed E-state index contributed by atoms with van der Waals surface area (Å²) >= 11 is 0. The maximum atomic E-state index is 14.0. The molecule has 1 aromatic rings. The summed E-state index contributed by atoms with van der Waals surface area (Å²) in [5.74, 6) is -0.665. The topological polar surface area (TPSA) is 49.4 Å². The van der Waals surface area contributed by atoms with Gasteiger partial charge in [-0.1, -0.05) is 31.4 Å². The normalized spacial score (nSPS) is 23.3. The van der Waals surface area contributed by atoms with Crippen LogP contribution in [0, 0.1) is 5.82 Å². The Kier molecular flexibility index (Phi) is 4.03. The number of hydrogen-bond donors (Lipinski definition) is 1. The van der Waals surface area contributed by atoms with Gasteiger partial charge in [0.1, 0.15) is 10.7 Å². The molecule has 1 N–H and O–H groups in total. The molecule has 0 atom stereocenters. The van der Waals surface area contributed by atoms with Crippen LogP contribution in [0.25, 0.3) is 0 Å². The summed E-state index contributed by atoms with van der Waals surface area (Å²) in [4.78, 5) is -0.197. The molecule has 1 aliphatic heterocycles. The van der Waals surface area contributed by atoms with E-state index in [4.69, 9.17) is 0 Å². The molecule has 4 nitrogen and oxygen atoms in total. The van der Waals surface area contributed by atoms with Gasteiger partial charge in [0.05, 0.1) is 0 Å². The smallest absolute Gasteiger partial charge is 0.246 e. The number of piperazine rings is 1. The molecule has 116 valence electrons. The highest BCUT2D eigenvalue weighted by Gasteiger charge is 2.46. The molecule has 1 aliphatic carbocycles. The minimum atomic E-state index is -3.78. The van der Waals surface area contributed by atoms with Crippen molar-refractivity contribution in [3.8, 4) is 0 Å². The first-order valence-electron chi connectivity index (χ1n) is 7.54. The van der Waals surface area contributed by atoms with Crippen LogP contribution >= 0.6 is 0 Å². The zero-order valence-corrected chi connectivity index (χ0v) is 12.8. The second-order valence-electron chi connectivity index (χ2n) is 5.97. The molecule has 2 aliphatic rings. The van der Waals surface area contributed by atoms with Gasteiger partial charge in [0, 0.05) is 25.2 Å². The molecule has 1 aromatic carbocycles. The van der Waals surface area contributed by atoms with Crippen molar-refractivity contribution in [2.45, 2.75) is 42.5 Å². The second-order valence-corrected chi connectivity index (χ2v) is 7.80. The Morgan fingerprint density at radius 1 is 1.14 bits per heavy atom. The van der Waals surface area contributed by atoms with Crippen LogP contribution in [-0.2, 0) is 10.0 Å². The van der Waals surface area contributed by atoms with E-state index in [1.165, 1.54) is 18.2 Å². The molecule has 0 radical (unpaired) electrons. The molecule has 3 rings (SSSR count). The van der Waals surface area contributed by atoms with Crippen molar-refractivity contribution in [2.75, 3.05) is 19.6 Å². The van der Waals surface area contributed by atoms with Crippen molar-refractivity contribution in [1.29, 1.82) is 0 Å². The monoisotopic (exact) mass is 312 g/mol. The maximum Gasteiger partial charge on any atom is 0.246 e. The van der Waals surface area contributed by atoms with E-state index in [1.807, 2.05) is 0 Å². The lowest BCUT2D eigenvalue weighted by Gasteiger charge is -2.48. The van der Waals surface area contributed by atoms with Gasteiger partial charge in [-0.25, -0.2) is 12.8 Å². The third-order valence-electron chi connectivity index (χ3n) is 4.66. The van der Waals surface area contributed by atoms with E-state index in [0.717, 1.165) is 32.1 Å². The van der Waals surface area contributed by atoms with Gasteiger partial charge in [-0.15, -0.1) is 0 Å². The number of nitrogens with one attached hydrogen (secondary N) is 1. The van der Waals surface area contributed by atoms with Crippen molar-refractivity contribution in [2.24, 2.45) is 0 Å². The molecular weight excluding hydrogens is 291 g/mol. The minimum absolute atomic E-state index is 0.197. The van der Waals surface area contributed by atoms with Gasteiger partial charge in [0.25, 0.3) is 0 Å². The Balaban J connectivity index is 2.01. The summed E-state index contributed by atoms with van der Waals surface area (Å²) in [5.41, 5.74) is -0.377. The summed E-state index contributed by atoms with van der Waals surface area (Å²) in [7, 11) is -3.78. The first-order chi connectivity index (χ1) is 10.1. The van der Waals surface area contributed by atoms with Gasteiger partial charge in [-0.2, -0.15) is 4.31 Å². The van der Waals surface area contributed by atoms with Crippen molar-refractivity contribution >= 4 is 10.0 Å². The van der Waals surface area contributed by atoms with Crippen molar-refractivity contribution < 1.29 is 12.8 Å². The SMILES string of the molecule is O=S(=O)(c1ccccc1F)N1CCNCC12CCCCC2. The third-order valence-corrected chi connectivity index (χ3v) is 6.70. The molecule has 6 heteroatoms. The number of halogens is 1. The molecule has 0 bridgehead atoms. The third kappa shape index (κ3) is 2.60. The largest absolute Gasteiger partial charge is 0.314 e. The molecule has 1 saturated heterocycles. The summed E-state index contributed by atoms with van der Waals surface area (Å²) < 4.78 is 41.4. The van der Waals surface area contributed by atoms with Crippen LogP contribution in [0.15, 0.2) is 29.2 Å². The quantitative estimate of drug-likeness (QED) is 0.910. The van der Waals surface area contributed by atoms with Crippen LogP contribution in [0.1, 0.15) is 32.1 Å². The fraction of sp³-hybridized carbons (Fsp3) is 0.600. The number of benzene rings is 1. The molecular formula is C15H21FN2O2S. The average molecular weight is 312 g/mol. The minimum Gasteiger partial charge on any atom is -0.314 e. The van der Waals surface area contributed by atoms with Gasteiger partial charge in [0.15, 0.2) is 0 Å². The van der Waals surface area contributed by atoms with Crippen LogP contribution < -0.4 is 5.32 Å². The summed E-state index contributed by atoms with van der Waals surface area (Å²) in [6, 6.07) is 5.67. The number of nitrogens with zero attached hydrogens (tertiary/aromatic N) is 1. The van der Waals surface area contributed by atoms with Crippen molar-refractivity contribution in [3.63, 3.8) is 0 Å². The Bertz CT molecular complexity index is 604. The average Bonchev–Trinajstić information content (AvgIpc) is 2.48. The molecule has 1 saturated carbocycles. The molecule has 1 spiro atoms. The zero-order chi connectivity index (χ0) is 14.9. The fourth-order valence-electron chi connectivity index (χ4n) is 3.61. The first-order valence-corrected chi connectivity index (χ1v) is 8.98. The predicted octanol–water partition coefficient (Wildman–Crippen LogP) is 2.12. The van der Waals surface area contributed by atoms with Gasteiger partial charge >= 0.3 is 0 Å². The van der Waals surface area contributed by atoms with Crippen LogP contribution in [0.4, 0.5) is 4.39 Å².